The Balaban J connectivity index is 1.58. The van der Waals surface area contributed by atoms with Gasteiger partial charge in [-0.2, -0.15) is 0 Å². The van der Waals surface area contributed by atoms with Gasteiger partial charge in [-0.1, -0.05) is 17.8 Å². The van der Waals surface area contributed by atoms with Gasteiger partial charge < -0.3 is 14.5 Å². The van der Waals surface area contributed by atoms with E-state index in [1.807, 2.05) is 59.2 Å². The molecule has 35 heavy (non-hydrogen) atoms. The lowest BCUT2D eigenvalue weighted by Crippen LogP contribution is -2.47. The van der Waals surface area contributed by atoms with E-state index in [1.165, 1.54) is 11.8 Å². The Hall–Kier alpha value is -3.08. The molecule has 10 nitrogen and oxygen atoms in total. The minimum atomic E-state index is -0.501. The quantitative estimate of drug-likeness (QED) is 0.388. The molecule has 0 saturated carbocycles. The number of aromatic nitrogens is 5. The third kappa shape index (κ3) is 5.14. The van der Waals surface area contributed by atoms with Crippen molar-refractivity contribution >= 4 is 34.7 Å². The molecule has 0 aromatic carbocycles. The van der Waals surface area contributed by atoms with Gasteiger partial charge in [0.2, 0.25) is 0 Å². The molecule has 11 heteroatoms. The Morgan fingerprint density at radius 2 is 1.94 bits per heavy atom. The Morgan fingerprint density at radius 3 is 2.57 bits per heavy atom. The van der Waals surface area contributed by atoms with Gasteiger partial charge in [0.15, 0.2) is 16.6 Å². The number of hydrogen-bond donors (Lipinski definition) is 0. The predicted octanol–water partition coefficient (Wildman–Crippen LogP) is 3.55. The molecular formula is C24H33N7O3S. The summed E-state index contributed by atoms with van der Waals surface area (Å²) in [5.41, 5.74) is -0.0854. The number of ether oxygens (including phenoxy) is 1. The summed E-state index contributed by atoms with van der Waals surface area (Å²) in [6.07, 6.45) is 4.87. The number of nitrogens with zero attached hydrogens (tertiary/aromatic N) is 7. The van der Waals surface area contributed by atoms with Crippen molar-refractivity contribution in [3.05, 3.63) is 34.7 Å². The van der Waals surface area contributed by atoms with Gasteiger partial charge in [-0.05, 0) is 58.9 Å². The van der Waals surface area contributed by atoms with Crippen LogP contribution in [0, 0.1) is 0 Å². The van der Waals surface area contributed by atoms with Crippen molar-refractivity contribution in [3.63, 3.8) is 0 Å². The zero-order valence-corrected chi connectivity index (χ0v) is 22.0. The van der Waals surface area contributed by atoms with Crippen molar-refractivity contribution < 1.29 is 9.53 Å². The highest BCUT2D eigenvalue weighted by Gasteiger charge is 2.29. The van der Waals surface area contributed by atoms with Crippen LogP contribution < -0.4 is 10.5 Å². The second-order valence-corrected chi connectivity index (χ2v) is 10.4. The molecule has 1 fully saturated rings. The first-order valence-corrected chi connectivity index (χ1v) is 13.1. The van der Waals surface area contributed by atoms with Gasteiger partial charge in [0, 0.05) is 38.9 Å². The normalized spacial score (nSPS) is 15.0. The van der Waals surface area contributed by atoms with Gasteiger partial charge in [-0.15, -0.1) is 0 Å². The molecular weight excluding hydrogens is 466 g/mol. The average molecular weight is 500 g/mol. The van der Waals surface area contributed by atoms with Crippen molar-refractivity contribution in [2.75, 3.05) is 31.3 Å². The highest BCUT2D eigenvalue weighted by molar-refractivity contribution is 7.98. The largest absolute Gasteiger partial charge is 0.444 e. The number of carbonyl (C=O) groups is 1. The number of thioether (sulfide) groups is 1. The minimum Gasteiger partial charge on any atom is -0.444 e. The van der Waals surface area contributed by atoms with E-state index >= 15 is 0 Å². The van der Waals surface area contributed by atoms with E-state index in [0.717, 1.165) is 18.7 Å². The number of piperidine rings is 1. The lowest BCUT2D eigenvalue weighted by molar-refractivity contribution is 0.0205. The van der Waals surface area contributed by atoms with Crippen LogP contribution in [0.5, 0.6) is 0 Å². The molecule has 4 rings (SSSR count). The van der Waals surface area contributed by atoms with Crippen LogP contribution in [-0.2, 0) is 11.3 Å². The van der Waals surface area contributed by atoms with E-state index in [9.17, 15) is 9.59 Å². The molecule has 4 heterocycles. The van der Waals surface area contributed by atoms with Crippen LogP contribution in [0.3, 0.4) is 0 Å². The lowest BCUT2D eigenvalue weighted by atomic mass is 10.0. The van der Waals surface area contributed by atoms with Gasteiger partial charge in [-0.3, -0.25) is 4.79 Å². The maximum absolute atomic E-state index is 13.0. The summed E-state index contributed by atoms with van der Waals surface area (Å²) < 4.78 is 8.93. The molecule has 0 radical (unpaired) electrons. The number of amides is 1. The predicted molar refractivity (Wildman–Crippen MR) is 138 cm³/mol. The Kier molecular flexibility index (Phi) is 7.07. The van der Waals surface area contributed by atoms with Gasteiger partial charge in [0.1, 0.15) is 16.8 Å². The molecule has 1 saturated heterocycles. The molecule has 0 spiro atoms. The van der Waals surface area contributed by atoms with Crippen molar-refractivity contribution in [3.8, 4) is 5.82 Å². The molecule has 3 aromatic heterocycles. The monoisotopic (exact) mass is 499 g/mol. The first-order valence-electron chi connectivity index (χ1n) is 11.8. The highest BCUT2D eigenvalue weighted by atomic mass is 32.2. The van der Waals surface area contributed by atoms with Crippen LogP contribution in [0.2, 0.25) is 0 Å². The highest BCUT2D eigenvalue weighted by Crippen LogP contribution is 2.24. The molecule has 1 amide bonds. The molecule has 0 unspecified atom stereocenters. The number of fused-ring (bicyclic) bond motifs is 1. The summed E-state index contributed by atoms with van der Waals surface area (Å²) >= 11 is 1.43. The first-order chi connectivity index (χ1) is 16.6. The fraction of sp³-hybridized carbons (Fsp3) is 0.542. The maximum Gasteiger partial charge on any atom is 0.410 e. The molecule has 0 atom stereocenters. The molecule has 0 bridgehead atoms. The van der Waals surface area contributed by atoms with Crippen LogP contribution in [0.4, 0.5) is 10.6 Å². The number of anilines is 1. The summed E-state index contributed by atoms with van der Waals surface area (Å²) in [4.78, 5) is 43.1. The van der Waals surface area contributed by atoms with Crippen molar-refractivity contribution in [2.45, 2.75) is 63.9 Å². The van der Waals surface area contributed by atoms with Gasteiger partial charge in [0.05, 0.1) is 0 Å². The summed E-state index contributed by atoms with van der Waals surface area (Å²) in [6.45, 7) is 9.31. The fourth-order valence-corrected chi connectivity index (χ4v) is 4.64. The summed E-state index contributed by atoms with van der Waals surface area (Å²) in [5.74, 6) is 1.43. The van der Waals surface area contributed by atoms with Crippen LogP contribution in [0.15, 0.2) is 34.3 Å². The van der Waals surface area contributed by atoms with Crippen LogP contribution >= 0.6 is 11.8 Å². The van der Waals surface area contributed by atoms with E-state index in [1.54, 1.807) is 20.5 Å². The average Bonchev–Trinajstić information content (AvgIpc) is 3.13. The van der Waals surface area contributed by atoms with Gasteiger partial charge in [0.25, 0.3) is 5.56 Å². The fourth-order valence-electron chi connectivity index (χ4n) is 4.31. The Morgan fingerprint density at radius 1 is 1.23 bits per heavy atom. The topological polar surface area (TPSA) is 98.4 Å². The summed E-state index contributed by atoms with van der Waals surface area (Å²) in [5, 5.41) is 1.07. The number of pyridine rings is 1. The number of hydrogen-bond acceptors (Lipinski definition) is 8. The second-order valence-electron chi connectivity index (χ2n) is 9.59. The molecule has 1 aliphatic heterocycles. The third-order valence-electron chi connectivity index (χ3n) is 6.10. The van der Waals surface area contributed by atoms with Crippen LogP contribution in [0.1, 0.15) is 40.5 Å². The summed E-state index contributed by atoms with van der Waals surface area (Å²) in [7, 11) is 2.02. The molecule has 0 aliphatic carbocycles. The number of carbonyl (C=O) groups excluding carboxylic acids is 1. The first kappa shape index (κ1) is 25.0. The van der Waals surface area contributed by atoms with E-state index in [4.69, 9.17) is 9.72 Å². The summed E-state index contributed by atoms with van der Waals surface area (Å²) in [6, 6.07) is 6.02. The molecule has 0 N–H and O–H groups in total. The van der Waals surface area contributed by atoms with Crippen molar-refractivity contribution in [1.82, 2.24) is 29.2 Å². The number of rotatable bonds is 5. The van der Waals surface area contributed by atoms with Crippen molar-refractivity contribution in [1.29, 1.82) is 0 Å². The number of likely N-dealkylation sites (tertiary alicyclic amines) is 1. The zero-order valence-electron chi connectivity index (χ0n) is 21.2. The van der Waals surface area contributed by atoms with E-state index in [0.29, 0.717) is 41.6 Å². The Bertz CT molecular complexity index is 1270. The Labute approximate surface area is 209 Å². The lowest BCUT2D eigenvalue weighted by Gasteiger charge is -2.37. The van der Waals surface area contributed by atoms with Crippen LogP contribution in [0.25, 0.3) is 16.9 Å². The zero-order chi connectivity index (χ0) is 25.3. The molecule has 1 aliphatic rings. The smallest absolute Gasteiger partial charge is 0.410 e. The standard InChI is InChI=1S/C24H33N7O3S/c1-7-30-21(32)17-15-25-22(35-6)27-20(17)31(30)19-10-8-9-18(26-19)28(5)16-11-13-29(14-12-16)23(33)34-24(2,3)4/h8-10,15-16H,7,11-14H2,1-6H3. The maximum atomic E-state index is 13.0. The van der Waals surface area contributed by atoms with Crippen molar-refractivity contribution in [2.24, 2.45) is 0 Å². The van der Waals surface area contributed by atoms with Crippen LogP contribution in [-0.4, -0.2) is 73.3 Å². The minimum absolute atomic E-state index is 0.134. The SMILES string of the molecule is CCn1c(=O)c2cnc(SC)nc2n1-c1cccc(N(C)C2CCN(C(=O)OC(C)(C)C)CC2)n1. The van der Waals surface area contributed by atoms with Gasteiger partial charge in [-0.25, -0.2) is 29.1 Å². The third-order valence-corrected chi connectivity index (χ3v) is 6.66. The van der Waals surface area contributed by atoms with Gasteiger partial charge >= 0.3 is 6.09 Å². The van der Waals surface area contributed by atoms with E-state index in [-0.39, 0.29) is 17.7 Å². The second kappa shape index (κ2) is 9.88. The van der Waals surface area contributed by atoms with E-state index in [2.05, 4.69) is 14.9 Å². The molecule has 188 valence electrons. The van der Waals surface area contributed by atoms with E-state index < -0.39 is 5.60 Å². The molecule has 3 aromatic rings.